The molecule has 3 heterocycles. The van der Waals surface area contributed by atoms with Gasteiger partial charge < -0.3 is 10.1 Å². The number of nitrogens with zero attached hydrogens (tertiary/aromatic N) is 3. The van der Waals surface area contributed by atoms with Crippen LogP contribution in [0, 0.1) is 0 Å². The van der Waals surface area contributed by atoms with Crippen LogP contribution in [0.2, 0.25) is 0 Å². The van der Waals surface area contributed by atoms with Crippen molar-refractivity contribution in [3.05, 3.63) is 16.3 Å². The Hall–Kier alpha value is -1.14. The zero-order chi connectivity index (χ0) is 13.1. The van der Waals surface area contributed by atoms with Gasteiger partial charge in [0, 0.05) is 38.8 Å². The lowest BCUT2D eigenvalue weighted by molar-refractivity contribution is 0.0778. The molecule has 6 nitrogen and oxygen atoms in total. The van der Waals surface area contributed by atoms with Gasteiger partial charge in [0.05, 0.1) is 6.54 Å². The van der Waals surface area contributed by atoms with E-state index in [-0.39, 0.29) is 5.69 Å². The second kappa shape index (κ2) is 5.88. The summed E-state index contributed by atoms with van der Waals surface area (Å²) in [6.07, 6.45) is 5.31. The fourth-order valence-corrected chi connectivity index (χ4v) is 2.87. The van der Waals surface area contributed by atoms with E-state index in [0.717, 1.165) is 64.2 Å². The van der Waals surface area contributed by atoms with Crippen molar-refractivity contribution in [1.82, 2.24) is 19.7 Å². The molecule has 0 aromatic carbocycles. The molecule has 2 aliphatic heterocycles. The number of hydrogen-bond acceptors (Lipinski definition) is 4. The quantitative estimate of drug-likeness (QED) is 0.842. The highest BCUT2D eigenvalue weighted by Crippen LogP contribution is 2.09. The Morgan fingerprint density at radius 3 is 2.95 bits per heavy atom. The van der Waals surface area contributed by atoms with Crippen LogP contribution in [0.1, 0.15) is 31.5 Å². The Labute approximate surface area is 112 Å². The van der Waals surface area contributed by atoms with Gasteiger partial charge in [0.2, 0.25) is 0 Å². The molecule has 0 radical (unpaired) electrons. The van der Waals surface area contributed by atoms with E-state index in [1.165, 1.54) is 0 Å². The molecule has 2 aliphatic rings. The minimum Gasteiger partial charge on any atom is -0.381 e. The van der Waals surface area contributed by atoms with Crippen molar-refractivity contribution in [3.8, 4) is 0 Å². The summed E-state index contributed by atoms with van der Waals surface area (Å²) in [5.41, 5.74) is 0.0588. The normalized spacial score (nSPS) is 20.4. The van der Waals surface area contributed by atoms with Gasteiger partial charge in [-0.3, -0.25) is 4.57 Å². The fourth-order valence-electron chi connectivity index (χ4n) is 2.87. The van der Waals surface area contributed by atoms with Gasteiger partial charge in [0.25, 0.3) is 0 Å². The molecule has 0 spiro atoms. The predicted octanol–water partition coefficient (Wildman–Crippen LogP) is 0.150. The van der Waals surface area contributed by atoms with Crippen LogP contribution in [0.4, 0.5) is 0 Å². The summed E-state index contributed by atoms with van der Waals surface area (Å²) < 4.78 is 8.78. The molecular weight excluding hydrogens is 244 g/mol. The van der Waals surface area contributed by atoms with Gasteiger partial charge in [0.15, 0.2) is 0 Å². The monoisotopic (exact) mass is 266 g/mol. The summed E-state index contributed by atoms with van der Waals surface area (Å²) >= 11 is 0. The number of aromatic nitrogens is 3. The van der Waals surface area contributed by atoms with E-state index in [1.807, 2.05) is 4.57 Å². The number of aryl methyl sites for hydroxylation is 1. The van der Waals surface area contributed by atoms with Crippen molar-refractivity contribution in [2.45, 2.75) is 51.2 Å². The molecule has 6 heteroatoms. The second-order valence-electron chi connectivity index (χ2n) is 5.37. The van der Waals surface area contributed by atoms with Crippen molar-refractivity contribution in [1.29, 1.82) is 0 Å². The number of nitrogens with one attached hydrogen (secondary N) is 1. The molecule has 0 aliphatic carbocycles. The molecule has 1 aromatic rings. The van der Waals surface area contributed by atoms with Crippen molar-refractivity contribution in [3.63, 3.8) is 0 Å². The van der Waals surface area contributed by atoms with E-state index in [0.29, 0.717) is 12.6 Å². The minimum absolute atomic E-state index is 0.0588. The Balaban J connectivity index is 1.55. The van der Waals surface area contributed by atoms with Gasteiger partial charge in [-0.15, -0.1) is 0 Å². The van der Waals surface area contributed by atoms with Crippen LogP contribution in [0.3, 0.4) is 0 Å². The zero-order valence-electron chi connectivity index (χ0n) is 11.3. The summed E-state index contributed by atoms with van der Waals surface area (Å²) in [5, 5.41) is 7.92. The number of hydrogen-bond donors (Lipinski definition) is 1. The van der Waals surface area contributed by atoms with Gasteiger partial charge in [-0.25, -0.2) is 9.48 Å². The van der Waals surface area contributed by atoms with Crippen molar-refractivity contribution >= 4 is 0 Å². The lowest BCUT2D eigenvalue weighted by atomic mass is 10.1. The maximum atomic E-state index is 12.1. The molecule has 1 fully saturated rings. The van der Waals surface area contributed by atoms with Crippen LogP contribution in [-0.4, -0.2) is 40.1 Å². The lowest BCUT2D eigenvalue weighted by Gasteiger charge is -2.22. The van der Waals surface area contributed by atoms with E-state index in [1.54, 1.807) is 4.68 Å². The lowest BCUT2D eigenvalue weighted by Crippen LogP contribution is -2.38. The molecule has 0 unspecified atom stereocenters. The summed E-state index contributed by atoms with van der Waals surface area (Å²) in [4.78, 5) is 12.1. The van der Waals surface area contributed by atoms with E-state index < -0.39 is 0 Å². The molecule has 1 saturated heterocycles. The Bertz CT molecular complexity index is 473. The first-order valence-corrected chi connectivity index (χ1v) is 7.32. The van der Waals surface area contributed by atoms with Crippen molar-refractivity contribution < 1.29 is 4.74 Å². The van der Waals surface area contributed by atoms with E-state index >= 15 is 0 Å². The maximum Gasteiger partial charge on any atom is 0.345 e. The predicted molar refractivity (Wildman–Crippen MR) is 71.3 cm³/mol. The molecule has 3 rings (SSSR count). The highest BCUT2D eigenvalue weighted by molar-refractivity contribution is 4.91. The Morgan fingerprint density at radius 2 is 2.16 bits per heavy atom. The minimum atomic E-state index is 0.0588. The first-order valence-electron chi connectivity index (χ1n) is 7.32. The first kappa shape index (κ1) is 12.9. The topological polar surface area (TPSA) is 61.1 Å². The number of ether oxygens (including phenoxy) is 1. The second-order valence-corrected chi connectivity index (χ2v) is 5.37. The summed E-state index contributed by atoms with van der Waals surface area (Å²) in [7, 11) is 0. The zero-order valence-corrected chi connectivity index (χ0v) is 11.3. The average Bonchev–Trinajstić information content (AvgIpc) is 2.78. The van der Waals surface area contributed by atoms with E-state index in [4.69, 9.17) is 4.74 Å². The van der Waals surface area contributed by atoms with Crippen molar-refractivity contribution in [2.24, 2.45) is 0 Å². The Morgan fingerprint density at radius 1 is 1.32 bits per heavy atom. The molecule has 0 saturated carbocycles. The van der Waals surface area contributed by atoms with E-state index in [2.05, 4.69) is 10.4 Å². The molecule has 0 bridgehead atoms. The number of rotatable bonds is 4. The van der Waals surface area contributed by atoms with Crippen LogP contribution < -0.4 is 11.0 Å². The molecule has 0 atom stereocenters. The van der Waals surface area contributed by atoms with Crippen LogP contribution in [-0.2, 0) is 24.2 Å². The van der Waals surface area contributed by atoms with Gasteiger partial charge in [-0.05, 0) is 25.7 Å². The maximum absolute atomic E-state index is 12.1. The third kappa shape index (κ3) is 2.90. The van der Waals surface area contributed by atoms with Gasteiger partial charge in [-0.1, -0.05) is 0 Å². The smallest absolute Gasteiger partial charge is 0.345 e. The van der Waals surface area contributed by atoms with Gasteiger partial charge in [0.1, 0.15) is 5.82 Å². The summed E-state index contributed by atoms with van der Waals surface area (Å²) in [6.45, 7) is 3.99. The summed E-state index contributed by atoms with van der Waals surface area (Å²) in [6, 6.07) is 0.529. The van der Waals surface area contributed by atoms with E-state index in [9.17, 15) is 4.79 Å². The molecule has 106 valence electrons. The largest absolute Gasteiger partial charge is 0.381 e. The third-order valence-corrected chi connectivity index (χ3v) is 4.01. The fraction of sp³-hybridized carbons (Fsp3) is 0.846. The number of fused-ring (bicyclic) bond motifs is 1. The Kier molecular flexibility index (Phi) is 3.98. The van der Waals surface area contributed by atoms with Gasteiger partial charge >= 0.3 is 5.69 Å². The molecule has 1 N–H and O–H groups in total. The SMILES string of the molecule is O=c1n(CCNC2CCOCC2)nc2n1CCCC2. The standard InChI is InChI=1S/C13H22N4O2/c18-13-16-7-2-1-3-12(16)15-17(13)8-6-14-11-4-9-19-10-5-11/h11,14H,1-10H2. The van der Waals surface area contributed by atoms with Crippen LogP contribution >= 0.6 is 0 Å². The molecule has 19 heavy (non-hydrogen) atoms. The first-order chi connectivity index (χ1) is 9.34. The molecular formula is C13H22N4O2. The highest BCUT2D eigenvalue weighted by atomic mass is 16.5. The summed E-state index contributed by atoms with van der Waals surface area (Å²) in [5.74, 6) is 0.960. The highest BCUT2D eigenvalue weighted by Gasteiger charge is 2.17. The molecule has 0 amide bonds. The van der Waals surface area contributed by atoms with Crippen molar-refractivity contribution in [2.75, 3.05) is 19.8 Å². The van der Waals surface area contributed by atoms with Crippen LogP contribution in [0.25, 0.3) is 0 Å². The van der Waals surface area contributed by atoms with Gasteiger partial charge in [-0.2, -0.15) is 5.10 Å². The van der Waals surface area contributed by atoms with Crippen LogP contribution in [0.15, 0.2) is 4.79 Å². The average molecular weight is 266 g/mol. The third-order valence-electron chi connectivity index (χ3n) is 4.01. The molecule has 1 aromatic heterocycles. The van der Waals surface area contributed by atoms with Crippen LogP contribution in [0.5, 0.6) is 0 Å².